The third kappa shape index (κ3) is 6.48. The molecule has 1 amide bonds. The summed E-state index contributed by atoms with van der Waals surface area (Å²) in [5, 5.41) is 2.69. The van der Waals surface area contributed by atoms with Crippen molar-refractivity contribution < 1.29 is 22.7 Å². The van der Waals surface area contributed by atoms with Gasteiger partial charge in [-0.3, -0.25) is 9.52 Å². The maximum atomic E-state index is 12.6. The molecule has 9 heteroatoms. The monoisotopic (exact) mass is 518 g/mol. The zero-order chi connectivity index (χ0) is 23.1. The number of ether oxygens (including phenoxy) is 2. The van der Waals surface area contributed by atoms with Crippen LogP contribution in [0.4, 0.5) is 11.4 Å². The first-order valence-electron chi connectivity index (χ1n) is 9.81. The number of hydrogen-bond donors (Lipinski definition) is 2. The number of sulfonamides is 1. The third-order valence-electron chi connectivity index (χ3n) is 4.36. The number of nitrogens with one attached hydrogen (secondary N) is 2. The molecule has 0 fully saturated rings. The molecular formula is C23H23BrN2O5S. The molecule has 2 N–H and O–H groups in total. The predicted molar refractivity (Wildman–Crippen MR) is 128 cm³/mol. The van der Waals surface area contributed by atoms with E-state index in [2.05, 4.69) is 26.0 Å². The zero-order valence-electron chi connectivity index (χ0n) is 17.6. The van der Waals surface area contributed by atoms with Crippen molar-refractivity contribution in [1.82, 2.24) is 0 Å². The first kappa shape index (κ1) is 23.6. The maximum Gasteiger partial charge on any atom is 0.262 e. The van der Waals surface area contributed by atoms with E-state index < -0.39 is 10.0 Å². The molecule has 0 unspecified atom stereocenters. The standard InChI is InChI=1S/C23H23BrN2O5S/c1-3-30-20-9-5-19(6-10-20)26-32(28,29)21-11-7-18(8-12-21)25-23(27)15-31-22-13-4-17(24)14-16(22)2/h4-14,26H,3,15H2,1-2H3,(H,25,27). The molecule has 32 heavy (non-hydrogen) atoms. The van der Waals surface area contributed by atoms with Gasteiger partial charge in [0, 0.05) is 15.8 Å². The lowest BCUT2D eigenvalue weighted by atomic mass is 10.2. The number of benzene rings is 3. The Bertz CT molecular complexity index is 1180. The molecule has 168 valence electrons. The van der Waals surface area contributed by atoms with Crippen molar-refractivity contribution >= 4 is 43.2 Å². The average Bonchev–Trinajstić information content (AvgIpc) is 2.75. The van der Waals surface area contributed by atoms with Crippen molar-refractivity contribution in [2.75, 3.05) is 23.3 Å². The average molecular weight is 519 g/mol. The van der Waals surface area contributed by atoms with Gasteiger partial charge >= 0.3 is 0 Å². The number of aryl methyl sites for hydroxylation is 1. The molecule has 0 heterocycles. The van der Waals surface area contributed by atoms with E-state index in [1.807, 2.05) is 26.0 Å². The second-order valence-corrected chi connectivity index (χ2v) is 9.43. The van der Waals surface area contributed by atoms with Crippen molar-refractivity contribution in [2.45, 2.75) is 18.7 Å². The number of rotatable bonds is 9. The highest BCUT2D eigenvalue weighted by Crippen LogP contribution is 2.23. The third-order valence-corrected chi connectivity index (χ3v) is 6.25. The molecule has 0 aromatic heterocycles. The van der Waals surface area contributed by atoms with E-state index in [1.54, 1.807) is 30.3 Å². The number of carbonyl (C=O) groups is 1. The molecule has 0 saturated carbocycles. The van der Waals surface area contributed by atoms with Gasteiger partial charge in [0.05, 0.1) is 11.5 Å². The van der Waals surface area contributed by atoms with Crippen LogP contribution in [0.2, 0.25) is 0 Å². The fourth-order valence-electron chi connectivity index (χ4n) is 2.83. The van der Waals surface area contributed by atoms with Crippen LogP contribution in [0.1, 0.15) is 12.5 Å². The van der Waals surface area contributed by atoms with E-state index in [0.717, 1.165) is 10.0 Å². The summed E-state index contributed by atoms with van der Waals surface area (Å²) in [6, 6.07) is 18.0. The predicted octanol–water partition coefficient (Wildman–Crippen LogP) is 4.97. The van der Waals surface area contributed by atoms with Gasteiger partial charge in [-0.25, -0.2) is 8.42 Å². The summed E-state index contributed by atoms with van der Waals surface area (Å²) in [5.41, 5.74) is 1.79. The van der Waals surface area contributed by atoms with Gasteiger partial charge in [0.1, 0.15) is 11.5 Å². The summed E-state index contributed by atoms with van der Waals surface area (Å²) in [6.45, 7) is 4.13. The van der Waals surface area contributed by atoms with Crippen molar-refractivity contribution in [2.24, 2.45) is 0 Å². The highest BCUT2D eigenvalue weighted by molar-refractivity contribution is 9.10. The van der Waals surface area contributed by atoms with Crippen LogP contribution in [-0.4, -0.2) is 27.5 Å². The van der Waals surface area contributed by atoms with Crippen LogP contribution < -0.4 is 19.5 Å². The van der Waals surface area contributed by atoms with Crippen LogP contribution in [-0.2, 0) is 14.8 Å². The molecule has 3 rings (SSSR count). The lowest BCUT2D eigenvalue weighted by Gasteiger charge is -2.11. The van der Waals surface area contributed by atoms with Gasteiger partial charge < -0.3 is 14.8 Å². The number of hydrogen-bond acceptors (Lipinski definition) is 5. The Kier molecular flexibility index (Phi) is 7.76. The summed E-state index contributed by atoms with van der Waals surface area (Å²) in [4.78, 5) is 12.2. The Labute approximate surface area is 195 Å². The van der Waals surface area contributed by atoms with Crippen LogP contribution in [0.5, 0.6) is 11.5 Å². The highest BCUT2D eigenvalue weighted by atomic mass is 79.9. The second kappa shape index (κ2) is 10.5. The minimum atomic E-state index is -3.77. The minimum Gasteiger partial charge on any atom is -0.494 e. The molecule has 3 aromatic carbocycles. The van der Waals surface area contributed by atoms with Gasteiger partial charge in [0.15, 0.2) is 6.61 Å². The number of anilines is 2. The van der Waals surface area contributed by atoms with Crippen molar-refractivity contribution in [3.05, 3.63) is 76.8 Å². The first-order chi connectivity index (χ1) is 15.3. The Hall–Kier alpha value is -3.04. The topological polar surface area (TPSA) is 93.7 Å². The smallest absolute Gasteiger partial charge is 0.262 e. The quantitative estimate of drug-likeness (QED) is 0.416. The van der Waals surface area contributed by atoms with E-state index in [1.165, 1.54) is 24.3 Å². The molecule has 0 radical (unpaired) electrons. The van der Waals surface area contributed by atoms with Crippen LogP contribution in [0.3, 0.4) is 0 Å². The van der Waals surface area contributed by atoms with Gasteiger partial charge in [-0.1, -0.05) is 15.9 Å². The van der Waals surface area contributed by atoms with E-state index in [-0.39, 0.29) is 17.4 Å². The maximum absolute atomic E-state index is 12.6. The molecule has 0 aliphatic carbocycles. The molecule has 0 saturated heterocycles. The lowest BCUT2D eigenvalue weighted by Crippen LogP contribution is -2.20. The van der Waals surface area contributed by atoms with E-state index in [0.29, 0.717) is 29.5 Å². The van der Waals surface area contributed by atoms with Gasteiger partial charge in [0.2, 0.25) is 0 Å². The van der Waals surface area contributed by atoms with Crippen molar-refractivity contribution in [1.29, 1.82) is 0 Å². The second-order valence-electron chi connectivity index (χ2n) is 6.83. The minimum absolute atomic E-state index is 0.0751. The molecule has 0 spiro atoms. The fraction of sp³-hybridized carbons (Fsp3) is 0.174. The molecular weight excluding hydrogens is 496 g/mol. The summed E-state index contributed by atoms with van der Waals surface area (Å²) >= 11 is 3.38. The first-order valence-corrected chi connectivity index (χ1v) is 12.1. The summed E-state index contributed by atoms with van der Waals surface area (Å²) in [5.74, 6) is 0.926. The number of carbonyl (C=O) groups excluding carboxylic acids is 1. The Balaban J connectivity index is 1.57. The van der Waals surface area contributed by atoms with Gasteiger partial charge in [-0.05, 0) is 86.1 Å². The Morgan fingerprint density at radius 2 is 1.59 bits per heavy atom. The number of amides is 1. The SMILES string of the molecule is CCOc1ccc(NS(=O)(=O)c2ccc(NC(=O)COc3ccc(Br)cc3C)cc2)cc1. The van der Waals surface area contributed by atoms with E-state index >= 15 is 0 Å². The zero-order valence-corrected chi connectivity index (χ0v) is 20.0. The summed E-state index contributed by atoms with van der Waals surface area (Å²) < 4.78 is 39.6. The lowest BCUT2D eigenvalue weighted by molar-refractivity contribution is -0.118. The van der Waals surface area contributed by atoms with Gasteiger partial charge in [-0.15, -0.1) is 0 Å². The molecule has 0 aliphatic heterocycles. The van der Waals surface area contributed by atoms with Crippen molar-refractivity contribution in [3.63, 3.8) is 0 Å². The Morgan fingerprint density at radius 1 is 0.938 bits per heavy atom. The molecule has 0 aliphatic rings. The highest BCUT2D eigenvalue weighted by Gasteiger charge is 2.15. The Morgan fingerprint density at radius 3 is 2.22 bits per heavy atom. The normalized spacial score (nSPS) is 11.0. The van der Waals surface area contributed by atoms with E-state index in [4.69, 9.17) is 9.47 Å². The molecule has 3 aromatic rings. The van der Waals surface area contributed by atoms with Crippen LogP contribution >= 0.6 is 15.9 Å². The molecule has 0 atom stereocenters. The van der Waals surface area contributed by atoms with Crippen LogP contribution in [0.25, 0.3) is 0 Å². The fourth-order valence-corrected chi connectivity index (χ4v) is 4.37. The number of halogens is 1. The van der Waals surface area contributed by atoms with Gasteiger partial charge in [0.25, 0.3) is 15.9 Å². The van der Waals surface area contributed by atoms with Crippen molar-refractivity contribution in [3.8, 4) is 11.5 Å². The molecule has 0 bridgehead atoms. The van der Waals surface area contributed by atoms with E-state index in [9.17, 15) is 13.2 Å². The summed E-state index contributed by atoms with van der Waals surface area (Å²) in [6.07, 6.45) is 0. The van der Waals surface area contributed by atoms with Crippen LogP contribution in [0, 0.1) is 6.92 Å². The largest absolute Gasteiger partial charge is 0.494 e. The van der Waals surface area contributed by atoms with Crippen LogP contribution in [0.15, 0.2) is 76.1 Å². The van der Waals surface area contributed by atoms with Gasteiger partial charge in [-0.2, -0.15) is 0 Å². The summed E-state index contributed by atoms with van der Waals surface area (Å²) in [7, 11) is -3.77. The molecule has 7 nitrogen and oxygen atoms in total.